The topological polar surface area (TPSA) is 54.0 Å². The Labute approximate surface area is 103 Å². The van der Waals surface area contributed by atoms with Crippen LogP contribution in [0, 0.1) is 6.92 Å². The van der Waals surface area contributed by atoms with Gasteiger partial charge in [-0.2, -0.15) is 0 Å². The van der Waals surface area contributed by atoms with Crippen molar-refractivity contribution >= 4 is 5.91 Å². The minimum Gasteiger partial charge on any atom is -0.349 e. The number of hydrogen-bond donors (Lipinski definition) is 2. The number of carbonyl (C=O) groups is 1. The standard InChI is InChI=1S/C13H21N3O/c1-4-11(3)15-9-13(17)16-8-12-10(2)6-5-7-14-12/h5-7,11,15H,4,8-9H2,1-3H3,(H,16,17). The summed E-state index contributed by atoms with van der Waals surface area (Å²) in [5.74, 6) is 0.00959. The Morgan fingerprint density at radius 3 is 2.94 bits per heavy atom. The molecular weight excluding hydrogens is 214 g/mol. The molecule has 0 bridgehead atoms. The number of nitrogens with zero attached hydrogens (tertiary/aromatic N) is 1. The zero-order chi connectivity index (χ0) is 12.7. The minimum absolute atomic E-state index is 0.00959. The van der Waals surface area contributed by atoms with Crippen LogP contribution >= 0.6 is 0 Å². The number of pyridine rings is 1. The number of rotatable bonds is 6. The second-order valence-corrected chi connectivity index (χ2v) is 4.23. The molecule has 0 radical (unpaired) electrons. The van der Waals surface area contributed by atoms with E-state index in [-0.39, 0.29) is 5.91 Å². The maximum atomic E-state index is 11.5. The van der Waals surface area contributed by atoms with E-state index in [2.05, 4.69) is 29.5 Å². The van der Waals surface area contributed by atoms with Crippen LogP contribution < -0.4 is 10.6 Å². The van der Waals surface area contributed by atoms with Gasteiger partial charge in [0.25, 0.3) is 0 Å². The Hall–Kier alpha value is -1.42. The molecule has 1 atom stereocenters. The van der Waals surface area contributed by atoms with Gasteiger partial charge in [-0.1, -0.05) is 13.0 Å². The Morgan fingerprint density at radius 2 is 2.29 bits per heavy atom. The van der Waals surface area contributed by atoms with Gasteiger partial charge in [0.1, 0.15) is 0 Å². The van der Waals surface area contributed by atoms with Gasteiger partial charge in [-0.15, -0.1) is 0 Å². The second-order valence-electron chi connectivity index (χ2n) is 4.23. The van der Waals surface area contributed by atoms with Crippen molar-refractivity contribution in [3.63, 3.8) is 0 Å². The third-order valence-electron chi connectivity index (χ3n) is 2.79. The quantitative estimate of drug-likeness (QED) is 0.783. The number of carbonyl (C=O) groups excluding carboxylic acids is 1. The van der Waals surface area contributed by atoms with E-state index in [4.69, 9.17) is 0 Å². The summed E-state index contributed by atoms with van der Waals surface area (Å²) in [5.41, 5.74) is 2.02. The molecule has 1 aromatic rings. The van der Waals surface area contributed by atoms with Gasteiger partial charge in [-0.25, -0.2) is 0 Å². The van der Waals surface area contributed by atoms with Crippen molar-refractivity contribution in [1.29, 1.82) is 0 Å². The molecule has 1 heterocycles. The molecule has 1 aromatic heterocycles. The molecule has 1 amide bonds. The van der Waals surface area contributed by atoms with E-state index in [1.54, 1.807) is 6.20 Å². The van der Waals surface area contributed by atoms with E-state index in [1.165, 1.54) is 0 Å². The molecule has 0 aromatic carbocycles. The van der Waals surface area contributed by atoms with Gasteiger partial charge in [0, 0.05) is 12.2 Å². The first kappa shape index (κ1) is 13.6. The van der Waals surface area contributed by atoms with Gasteiger partial charge in [0.05, 0.1) is 18.8 Å². The lowest BCUT2D eigenvalue weighted by atomic mass is 10.2. The third kappa shape index (κ3) is 4.95. The molecule has 4 nitrogen and oxygen atoms in total. The normalized spacial score (nSPS) is 12.2. The molecule has 4 heteroatoms. The summed E-state index contributed by atoms with van der Waals surface area (Å²) >= 11 is 0. The third-order valence-corrected chi connectivity index (χ3v) is 2.79. The van der Waals surface area contributed by atoms with Crippen LogP contribution in [-0.2, 0) is 11.3 Å². The predicted octanol–water partition coefficient (Wildman–Crippen LogP) is 1.39. The van der Waals surface area contributed by atoms with Crippen LogP contribution in [0.2, 0.25) is 0 Å². The average Bonchev–Trinajstić information content (AvgIpc) is 2.35. The molecule has 0 spiro atoms. The first-order chi connectivity index (χ1) is 8.13. The smallest absolute Gasteiger partial charge is 0.234 e. The van der Waals surface area contributed by atoms with Crippen LogP contribution in [0.1, 0.15) is 31.5 Å². The largest absolute Gasteiger partial charge is 0.349 e. The van der Waals surface area contributed by atoms with E-state index in [1.807, 2.05) is 19.1 Å². The Morgan fingerprint density at radius 1 is 1.53 bits per heavy atom. The fraction of sp³-hybridized carbons (Fsp3) is 0.538. The lowest BCUT2D eigenvalue weighted by Crippen LogP contribution is -2.37. The predicted molar refractivity (Wildman–Crippen MR) is 68.6 cm³/mol. The van der Waals surface area contributed by atoms with E-state index in [9.17, 15) is 4.79 Å². The molecule has 0 saturated heterocycles. The van der Waals surface area contributed by atoms with Crippen LogP contribution in [0.5, 0.6) is 0 Å². The van der Waals surface area contributed by atoms with Gasteiger partial charge in [0.15, 0.2) is 0 Å². The number of aryl methyl sites for hydroxylation is 1. The average molecular weight is 235 g/mol. The summed E-state index contributed by atoms with van der Waals surface area (Å²) < 4.78 is 0. The number of nitrogens with one attached hydrogen (secondary N) is 2. The molecule has 0 aliphatic heterocycles. The van der Waals surface area contributed by atoms with E-state index in [0.717, 1.165) is 17.7 Å². The molecule has 0 fully saturated rings. The van der Waals surface area contributed by atoms with Crippen molar-refractivity contribution in [2.24, 2.45) is 0 Å². The Bertz CT molecular complexity index is 365. The maximum absolute atomic E-state index is 11.5. The van der Waals surface area contributed by atoms with Crippen molar-refractivity contribution in [2.45, 2.75) is 39.8 Å². The SMILES string of the molecule is CCC(C)NCC(=O)NCc1ncccc1C. The number of amides is 1. The first-order valence-electron chi connectivity index (χ1n) is 6.04. The number of aromatic nitrogens is 1. The van der Waals surface area contributed by atoms with Crippen molar-refractivity contribution in [1.82, 2.24) is 15.6 Å². The molecule has 94 valence electrons. The van der Waals surface area contributed by atoms with Crippen LogP contribution in [-0.4, -0.2) is 23.5 Å². The van der Waals surface area contributed by atoms with Crippen molar-refractivity contribution in [2.75, 3.05) is 6.54 Å². The zero-order valence-corrected chi connectivity index (χ0v) is 10.8. The molecule has 1 unspecified atom stereocenters. The van der Waals surface area contributed by atoms with Crippen molar-refractivity contribution < 1.29 is 4.79 Å². The van der Waals surface area contributed by atoms with E-state index >= 15 is 0 Å². The summed E-state index contributed by atoms with van der Waals surface area (Å²) in [4.78, 5) is 15.8. The van der Waals surface area contributed by atoms with Crippen molar-refractivity contribution in [3.8, 4) is 0 Å². The monoisotopic (exact) mass is 235 g/mol. The van der Waals surface area contributed by atoms with Crippen LogP contribution in [0.3, 0.4) is 0 Å². The van der Waals surface area contributed by atoms with Gasteiger partial charge in [0.2, 0.25) is 5.91 Å². The number of hydrogen-bond acceptors (Lipinski definition) is 3. The maximum Gasteiger partial charge on any atom is 0.234 e. The van der Waals surface area contributed by atoms with Gasteiger partial charge < -0.3 is 10.6 Å². The highest BCUT2D eigenvalue weighted by atomic mass is 16.1. The molecule has 1 rings (SSSR count). The first-order valence-corrected chi connectivity index (χ1v) is 6.04. The van der Waals surface area contributed by atoms with Crippen LogP contribution in [0.4, 0.5) is 0 Å². The van der Waals surface area contributed by atoms with Crippen molar-refractivity contribution in [3.05, 3.63) is 29.6 Å². The van der Waals surface area contributed by atoms with Gasteiger partial charge in [-0.05, 0) is 31.9 Å². The lowest BCUT2D eigenvalue weighted by Gasteiger charge is -2.11. The summed E-state index contributed by atoms with van der Waals surface area (Å²) in [6.07, 6.45) is 2.76. The van der Waals surface area contributed by atoms with E-state index < -0.39 is 0 Å². The highest BCUT2D eigenvalue weighted by Gasteiger charge is 2.05. The van der Waals surface area contributed by atoms with Crippen LogP contribution in [0.25, 0.3) is 0 Å². The molecule has 0 saturated carbocycles. The molecule has 0 aliphatic rings. The Kier molecular flexibility index (Phi) is 5.63. The summed E-state index contributed by atoms with van der Waals surface area (Å²) in [6.45, 7) is 7.00. The highest BCUT2D eigenvalue weighted by molar-refractivity contribution is 5.77. The summed E-state index contributed by atoms with van der Waals surface area (Å²) in [7, 11) is 0. The molecule has 17 heavy (non-hydrogen) atoms. The zero-order valence-electron chi connectivity index (χ0n) is 10.8. The highest BCUT2D eigenvalue weighted by Crippen LogP contribution is 2.01. The van der Waals surface area contributed by atoms with Gasteiger partial charge >= 0.3 is 0 Å². The lowest BCUT2D eigenvalue weighted by molar-refractivity contribution is -0.120. The minimum atomic E-state index is 0.00959. The molecule has 0 aliphatic carbocycles. The van der Waals surface area contributed by atoms with Crippen LogP contribution in [0.15, 0.2) is 18.3 Å². The van der Waals surface area contributed by atoms with Gasteiger partial charge in [-0.3, -0.25) is 9.78 Å². The summed E-state index contributed by atoms with van der Waals surface area (Å²) in [5, 5.41) is 6.01. The van der Waals surface area contributed by atoms with E-state index in [0.29, 0.717) is 19.1 Å². The molecular formula is C13H21N3O. The molecule has 2 N–H and O–H groups in total. The second kappa shape index (κ2) is 7.01. The Balaban J connectivity index is 2.31. The fourth-order valence-electron chi connectivity index (χ4n) is 1.36. The summed E-state index contributed by atoms with van der Waals surface area (Å²) in [6, 6.07) is 4.26. The fourth-order valence-corrected chi connectivity index (χ4v) is 1.36.